The molecule has 2 aromatic heterocycles. The Balaban J connectivity index is 2.06. The summed E-state index contributed by atoms with van der Waals surface area (Å²) in [6, 6.07) is 14.2. The van der Waals surface area contributed by atoms with E-state index in [1.807, 2.05) is 24.4 Å². The van der Waals surface area contributed by atoms with E-state index in [4.69, 9.17) is 16.7 Å². The van der Waals surface area contributed by atoms with E-state index in [0.717, 1.165) is 11.1 Å². The quantitative estimate of drug-likeness (QED) is 0.724. The molecule has 4 nitrogen and oxygen atoms in total. The SMILES string of the molecule is O=C(O)CCc1cc(C(=O)c2cccc(Cl)c2)n2cccc2c1. The number of nitrogens with zero attached hydrogens (tertiary/aromatic N) is 1. The number of fused-ring (bicyclic) bond motifs is 1. The van der Waals surface area contributed by atoms with E-state index in [0.29, 0.717) is 22.7 Å². The summed E-state index contributed by atoms with van der Waals surface area (Å²) in [7, 11) is 0. The maximum absolute atomic E-state index is 12.8. The van der Waals surface area contributed by atoms with Crippen molar-refractivity contribution >= 4 is 28.9 Å². The molecule has 5 heteroatoms. The monoisotopic (exact) mass is 327 g/mol. The van der Waals surface area contributed by atoms with Crippen molar-refractivity contribution in [1.29, 1.82) is 0 Å². The summed E-state index contributed by atoms with van der Waals surface area (Å²) in [4.78, 5) is 23.6. The first-order valence-electron chi connectivity index (χ1n) is 7.16. The van der Waals surface area contributed by atoms with Crippen LogP contribution in [-0.4, -0.2) is 21.3 Å². The average molecular weight is 328 g/mol. The van der Waals surface area contributed by atoms with Crippen molar-refractivity contribution in [3.05, 3.63) is 76.6 Å². The van der Waals surface area contributed by atoms with E-state index in [9.17, 15) is 9.59 Å². The first-order valence-corrected chi connectivity index (χ1v) is 7.54. The standard InChI is InChI=1S/C18H14ClNO3/c19-14-4-1-3-13(11-14)18(23)16-10-12(6-7-17(21)22)9-15-5-2-8-20(15)16/h1-5,8-11H,6-7H2,(H,21,22). The largest absolute Gasteiger partial charge is 0.481 e. The molecule has 3 aromatic rings. The van der Waals surface area contributed by atoms with Crippen LogP contribution in [-0.2, 0) is 11.2 Å². The van der Waals surface area contributed by atoms with Gasteiger partial charge in [0.2, 0.25) is 5.78 Å². The third kappa shape index (κ3) is 3.27. The van der Waals surface area contributed by atoms with Crippen molar-refractivity contribution in [3.8, 4) is 0 Å². The lowest BCUT2D eigenvalue weighted by Crippen LogP contribution is -2.09. The number of rotatable bonds is 5. The molecule has 0 aliphatic carbocycles. The molecule has 0 saturated heterocycles. The van der Waals surface area contributed by atoms with Gasteiger partial charge in [-0.05, 0) is 48.4 Å². The highest BCUT2D eigenvalue weighted by Gasteiger charge is 2.15. The number of aromatic nitrogens is 1. The maximum atomic E-state index is 12.8. The molecule has 0 aliphatic rings. The smallest absolute Gasteiger partial charge is 0.303 e. The van der Waals surface area contributed by atoms with Crippen LogP contribution in [0.4, 0.5) is 0 Å². The molecule has 116 valence electrons. The van der Waals surface area contributed by atoms with Gasteiger partial charge in [0.1, 0.15) is 0 Å². The molecule has 23 heavy (non-hydrogen) atoms. The van der Waals surface area contributed by atoms with Gasteiger partial charge in [-0.1, -0.05) is 23.7 Å². The van der Waals surface area contributed by atoms with Gasteiger partial charge in [-0.2, -0.15) is 0 Å². The second-order valence-electron chi connectivity index (χ2n) is 5.29. The number of ketones is 1. The van der Waals surface area contributed by atoms with E-state index in [1.165, 1.54) is 0 Å². The molecule has 0 radical (unpaired) electrons. The Morgan fingerprint density at radius 3 is 2.65 bits per heavy atom. The fraction of sp³-hybridized carbons (Fsp3) is 0.111. The van der Waals surface area contributed by atoms with Crippen molar-refractivity contribution in [2.45, 2.75) is 12.8 Å². The molecule has 3 rings (SSSR count). The van der Waals surface area contributed by atoms with E-state index in [2.05, 4.69) is 0 Å². The van der Waals surface area contributed by atoms with Gasteiger partial charge < -0.3 is 9.51 Å². The molecule has 0 amide bonds. The number of benzene rings is 1. The highest BCUT2D eigenvalue weighted by atomic mass is 35.5. The molecule has 2 heterocycles. The molecule has 1 aromatic carbocycles. The zero-order valence-electron chi connectivity index (χ0n) is 12.2. The predicted molar refractivity (Wildman–Crippen MR) is 88.2 cm³/mol. The minimum absolute atomic E-state index is 0.0294. The average Bonchev–Trinajstić information content (AvgIpc) is 2.99. The fourth-order valence-electron chi connectivity index (χ4n) is 2.56. The summed E-state index contributed by atoms with van der Waals surface area (Å²) in [5.41, 5.74) is 2.68. The lowest BCUT2D eigenvalue weighted by molar-refractivity contribution is -0.136. The summed E-state index contributed by atoms with van der Waals surface area (Å²) in [6.45, 7) is 0. The number of aliphatic carboxylic acids is 1. The first-order chi connectivity index (χ1) is 11.0. The van der Waals surface area contributed by atoms with Gasteiger partial charge in [0.15, 0.2) is 0 Å². The van der Waals surface area contributed by atoms with Crippen LogP contribution in [0.5, 0.6) is 0 Å². The molecular formula is C18H14ClNO3. The van der Waals surface area contributed by atoms with Crippen LogP contribution in [0.2, 0.25) is 5.02 Å². The number of carbonyl (C=O) groups is 2. The van der Waals surface area contributed by atoms with Crippen molar-refractivity contribution in [2.24, 2.45) is 0 Å². The van der Waals surface area contributed by atoms with Gasteiger partial charge in [0, 0.05) is 28.7 Å². The van der Waals surface area contributed by atoms with Gasteiger partial charge in [-0.15, -0.1) is 0 Å². The van der Waals surface area contributed by atoms with Crippen LogP contribution >= 0.6 is 11.6 Å². The summed E-state index contributed by atoms with van der Waals surface area (Å²) >= 11 is 5.97. The van der Waals surface area contributed by atoms with Crippen LogP contribution in [0.15, 0.2) is 54.7 Å². The van der Waals surface area contributed by atoms with Gasteiger partial charge in [-0.25, -0.2) is 0 Å². The molecule has 0 fully saturated rings. The summed E-state index contributed by atoms with van der Waals surface area (Å²) in [6.07, 6.45) is 2.22. The van der Waals surface area contributed by atoms with Crippen LogP contribution in [0.25, 0.3) is 5.52 Å². The normalized spacial score (nSPS) is 10.8. The van der Waals surface area contributed by atoms with Crippen molar-refractivity contribution < 1.29 is 14.7 Å². The number of aryl methyl sites for hydroxylation is 1. The minimum Gasteiger partial charge on any atom is -0.481 e. The van der Waals surface area contributed by atoms with Gasteiger partial charge in [0.05, 0.1) is 5.69 Å². The van der Waals surface area contributed by atoms with Crippen LogP contribution in [0.1, 0.15) is 28.0 Å². The second-order valence-corrected chi connectivity index (χ2v) is 5.72. The summed E-state index contributed by atoms with van der Waals surface area (Å²) in [5, 5.41) is 9.35. The predicted octanol–water partition coefficient (Wildman–Crippen LogP) is 3.84. The molecule has 1 N–H and O–H groups in total. The Kier molecular flexibility index (Phi) is 4.17. The number of pyridine rings is 1. The number of carbonyl (C=O) groups excluding carboxylic acids is 1. The van der Waals surface area contributed by atoms with Crippen molar-refractivity contribution in [1.82, 2.24) is 4.40 Å². The number of halogens is 1. The van der Waals surface area contributed by atoms with Gasteiger partial charge in [0.25, 0.3) is 0 Å². The lowest BCUT2D eigenvalue weighted by Gasteiger charge is -2.09. The number of hydrogen-bond acceptors (Lipinski definition) is 2. The maximum Gasteiger partial charge on any atom is 0.303 e. The fourth-order valence-corrected chi connectivity index (χ4v) is 2.75. The molecule has 0 saturated carbocycles. The Morgan fingerprint density at radius 1 is 1.09 bits per heavy atom. The van der Waals surface area contributed by atoms with Crippen LogP contribution < -0.4 is 0 Å². The zero-order valence-corrected chi connectivity index (χ0v) is 13.0. The minimum atomic E-state index is -0.858. The van der Waals surface area contributed by atoms with E-state index in [-0.39, 0.29) is 12.2 Å². The summed E-state index contributed by atoms with van der Waals surface area (Å²) < 4.78 is 1.80. The molecule has 0 unspecified atom stereocenters. The number of hydrogen-bond donors (Lipinski definition) is 1. The second kappa shape index (κ2) is 6.26. The van der Waals surface area contributed by atoms with Gasteiger partial charge in [-0.3, -0.25) is 9.59 Å². The Hall–Kier alpha value is -2.59. The number of carboxylic acid groups (broad SMARTS) is 1. The molecule has 0 aliphatic heterocycles. The van der Waals surface area contributed by atoms with Crippen LogP contribution in [0, 0.1) is 0 Å². The van der Waals surface area contributed by atoms with E-state index < -0.39 is 5.97 Å². The van der Waals surface area contributed by atoms with Gasteiger partial charge >= 0.3 is 5.97 Å². The zero-order chi connectivity index (χ0) is 16.4. The van der Waals surface area contributed by atoms with E-state index >= 15 is 0 Å². The van der Waals surface area contributed by atoms with Crippen LogP contribution in [0.3, 0.4) is 0 Å². The Bertz CT molecular complexity index is 898. The highest BCUT2D eigenvalue weighted by molar-refractivity contribution is 6.31. The molecule has 0 bridgehead atoms. The highest BCUT2D eigenvalue weighted by Crippen LogP contribution is 2.19. The third-order valence-corrected chi connectivity index (χ3v) is 3.88. The number of carboxylic acids is 1. The molecule has 0 atom stereocenters. The van der Waals surface area contributed by atoms with E-state index in [1.54, 1.807) is 34.7 Å². The van der Waals surface area contributed by atoms with Crippen molar-refractivity contribution in [2.75, 3.05) is 0 Å². The molecular weight excluding hydrogens is 314 g/mol. The third-order valence-electron chi connectivity index (χ3n) is 3.64. The summed E-state index contributed by atoms with van der Waals surface area (Å²) in [5.74, 6) is -1.01. The topological polar surface area (TPSA) is 58.8 Å². The first kappa shape index (κ1) is 15.3. The molecule has 0 spiro atoms. The van der Waals surface area contributed by atoms with Crippen molar-refractivity contribution in [3.63, 3.8) is 0 Å². The Morgan fingerprint density at radius 2 is 1.91 bits per heavy atom. The Labute approximate surface area is 137 Å². The lowest BCUT2D eigenvalue weighted by atomic mass is 10.0.